The topological polar surface area (TPSA) is 66.7 Å². The van der Waals surface area contributed by atoms with Crippen LogP contribution in [0.15, 0.2) is 12.5 Å². The summed E-state index contributed by atoms with van der Waals surface area (Å²) in [6.07, 6.45) is 3.17. The van der Waals surface area contributed by atoms with Gasteiger partial charge in [-0.05, 0) is 13.8 Å². The van der Waals surface area contributed by atoms with E-state index in [0.29, 0.717) is 11.5 Å². The molecule has 0 aliphatic rings. The fraction of sp³-hybridized carbons (Fsp3) is 0.250. The molecule has 0 saturated carbocycles. The van der Waals surface area contributed by atoms with E-state index in [4.69, 9.17) is 0 Å². The maximum atomic E-state index is 9.60. The highest BCUT2D eigenvalue weighted by Crippen LogP contribution is 2.17. The molecule has 0 amide bonds. The van der Waals surface area contributed by atoms with Crippen molar-refractivity contribution in [2.75, 3.05) is 0 Å². The van der Waals surface area contributed by atoms with Crippen LogP contribution in [0, 0.1) is 13.8 Å². The van der Waals surface area contributed by atoms with Gasteiger partial charge in [0.1, 0.15) is 5.69 Å². The molecule has 2 N–H and O–H groups in total. The molecule has 0 aromatic carbocycles. The monoisotopic (exact) mass is 178 g/mol. The Bertz CT molecular complexity index is 416. The third-order valence-corrected chi connectivity index (χ3v) is 2.05. The third-order valence-electron chi connectivity index (χ3n) is 2.05. The van der Waals surface area contributed by atoms with Gasteiger partial charge in [-0.3, -0.25) is 0 Å². The van der Waals surface area contributed by atoms with E-state index >= 15 is 0 Å². The van der Waals surface area contributed by atoms with Gasteiger partial charge in [-0.2, -0.15) is 4.73 Å². The molecule has 0 saturated heterocycles. The smallest absolute Gasteiger partial charge is 0.193 e. The average molecular weight is 178 g/mol. The lowest BCUT2D eigenvalue weighted by Crippen LogP contribution is -1.96. The molecular weight excluding hydrogens is 168 g/mol. The lowest BCUT2D eigenvalue weighted by atomic mass is 10.4. The van der Waals surface area contributed by atoms with Crippen LogP contribution in [0.2, 0.25) is 0 Å². The Kier molecular flexibility index (Phi) is 1.58. The summed E-state index contributed by atoms with van der Waals surface area (Å²) in [6, 6.07) is 0. The van der Waals surface area contributed by atoms with E-state index in [-0.39, 0.29) is 0 Å². The van der Waals surface area contributed by atoms with E-state index in [0.717, 1.165) is 16.1 Å². The van der Waals surface area contributed by atoms with Crippen LogP contribution in [-0.2, 0) is 0 Å². The molecule has 13 heavy (non-hydrogen) atoms. The first-order valence-electron chi connectivity index (χ1n) is 3.94. The van der Waals surface area contributed by atoms with Gasteiger partial charge in [-0.25, -0.2) is 9.97 Å². The molecule has 5 heteroatoms. The largest absolute Gasteiger partial charge is 0.427 e. The molecule has 0 aliphatic heterocycles. The quantitative estimate of drug-likeness (QED) is 0.643. The number of imidazole rings is 2. The molecule has 0 radical (unpaired) electrons. The van der Waals surface area contributed by atoms with Crippen LogP contribution in [0.3, 0.4) is 0 Å². The van der Waals surface area contributed by atoms with Crippen molar-refractivity contribution in [3.63, 3.8) is 0 Å². The van der Waals surface area contributed by atoms with Crippen LogP contribution in [-0.4, -0.2) is 24.9 Å². The Balaban J connectivity index is 2.59. The second-order valence-electron chi connectivity index (χ2n) is 2.88. The summed E-state index contributed by atoms with van der Waals surface area (Å²) in [7, 11) is 0. The van der Waals surface area contributed by atoms with Crippen LogP contribution in [0.5, 0.6) is 0 Å². The molecule has 2 rings (SSSR count). The zero-order chi connectivity index (χ0) is 9.42. The van der Waals surface area contributed by atoms with Gasteiger partial charge >= 0.3 is 0 Å². The summed E-state index contributed by atoms with van der Waals surface area (Å²) in [5.41, 5.74) is 2.26. The maximum absolute atomic E-state index is 9.60. The van der Waals surface area contributed by atoms with Gasteiger partial charge in [0.15, 0.2) is 5.82 Å². The summed E-state index contributed by atoms with van der Waals surface area (Å²) in [6.45, 7) is 3.66. The molecule has 0 atom stereocenters. The van der Waals surface area contributed by atoms with Gasteiger partial charge < -0.3 is 10.2 Å². The van der Waals surface area contributed by atoms with Crippen LogP contribution in [0.4, 0.5) is 0 Å². The number of H-pyrrole nitrogens is 1. The number of aromatic amines is 1. The molecule has 68 valence electrons. The van der Waals surface area contributed by atoms with Gasteiger partial charge in [0.25, 0.3) is 0 Å². The van der Waals surface area contributed by atoms with E-state index in [1.165, 1.54) is 0 Å². The minimum atomic E-state index is 0.493. The number of aryl methyl sites for hydroxylation is 1. The predicted octanol–water partition coefficient (Wildman–Crippen LogP) is 1.13. The Labute approximate surface area is 75.0 Å². The van der Waals surface area contributed by atoms with E-state index < -0.39 is 0 Å². The van der Waals surface area contributed by atoms with Gasteiger partial charge in [0.05, 0.1) is 23.9 Å². The Morgan fingerprint density at radius 1 is 1.46 bits per heavy atom. The van der Waals surface area contributed by atoms with Crippen molar-refractivity contribution in [3.8, 4) is 11.5 Å². The van der Waals surface area contributed by atoms with Crippen molar-refractivity contribution in [1.29, 1.82) is 0 Å². The average Bonchev–Trinajstić information content (AvgIpc) is 2.70. The van der Waals surface area contributed by atoms with Crippen molar-refractivity contribution in [2.45, 2.75) is 13.8 Å². The summed E-state index contributed by atoms with van der Waals surface area (Å²) < 4.78 is 1.06. The van der Waals surface area contributed by atoms with Crippen LogP contribution in [0.1, 0.15) is 11.4 Å². The predicted molar refractivity (Wildman–Crippen MR) is 46.5 cm³/mol. The Morgan fingerprint density at radius 3 is 2.69 bits per heavy atom. The number of nitrogens with zero attached hydrogens (tertiary/aromatic N) is 3. The zero-order valence-electron chi connectivity index (χ0n) is 7.44. The van der Waals surface area contributed by atoms with Crippen molar-refractivity contribution in [3.05, 3.63) is 23.9 Å². The number of rotatable bonds is 1. The highest BCUT2D eigenvalue weighted by Gasteiger charge is 2.12. The molecule has 0 aliphatic carbocycles. The van der Waals surface area contributed by atoms with Gasteiger partial charge in [-0.1, -0.05) is 0 Å². The molecule has 0 unspecified atom stereocenters. The van der Waals surface area contributed by atoms with Crippen molar-refractivity contribution in [2.24, 2.45) is 0 Å². The molecule has 2 aromatic rings. The lowest BCUT2D eigenvalue weighted by molar-refractivity contribution is 0.184. The second kappa shape index (κ2) is 2.62. The fourth-order valence-electron chi connectivity index (χ4n) is 1.15. The first-order chi connectivity index (χ1) is 6.20. The van der Waals surface area contributed by atoms with Gasteiger partial charge in [-0.15, -0.1) is 0 Å². The molecule has 0 spiro atoms. The number of hydrogen-bond donors (Lipinski definition) is 2. The first kappa shape index (κ1) is 7.85. The van der Waals surface area contributed by atoms with Gasteiger partial charge in [0, 0.05) is 0 Å². The second-order valence-corrected chi connectivity index (χ2v) is 2.88. The highest BCUT2D eigenvalue weighted by molar-refractivity contribution is 5.49. The van der Waals surface area contributed by atoms with E-state index in [9.17, 15) is 5.21 Å². The minimum absolute atomic E-state index is 0.493. The van der Waals surface area contributed by atoms with Crippen LogP contribution >= 0.6 is 0 Å². The molecule has 2 heterocycles. The molecule has 5 nitrogen and oxygen atoms in total. The van der Waals surface area contributed by atoms with E-state index in [1.807, 2.05) is 13.8 Å². The van der Waals surface area contributed by atoms with E-state index in [1.54, 1.807) is 12.5 Å². The third kappa shape index (κ3) is 1.09. The first-order valence-corrected chi connectivity index (χ1v) is 3.94. The van der Waals surface area contributed by atoms with E-state index in [2.05, 4.69) is 15.0 Å². The van der Waals surface area contributed by atoms with Crippen molar-refractivity contribution < 1.29 is 5.21 Å². The summed E-state index contributed by atoms with van der Waals surface area (Å²) >= 11 is 0. The van der Waals surface area contributed by atoms with Crippen molar-refractivity contribution in [1.82, 2.24) is 19.7 Å². The maximum Gasteiger partial charge on any atom is 0.193 e. The molecule has 2 aromatic heterocycles. The molecular formula is C8H10N4O. The minimum Gasteiger partial charge on any atom is -0.427 e. The number of aromatic nitrogens is 4. The lowest BCUT2D eigenvalue weighted by Gasteiger charge is -1.97. The fourth-order valence-corrected chi connectivity index (χ4v) is 1.15. The zero-order valence-corrected chi connectivity index (χ0v) is 7.44. The number of nitrogens with one attached hydrogen (secondary N) is 1. The standard InChI is InChI=1S/C8H10N4O/c1-5-6(2)12(13)8(11-5)7-3-9-4-10-7/h3-4,13H,1-2H3,(H,9,10). The van der Waals surface area contributed by atoms with Crippen LogP contribution in [0.25, 0.3) is 11.5 Å². The normalized spacial score (nSPS) is 10.6. The SMILES string of the molecule is Cc1nc(-c2cnc[nH]2)n(O)c1C. The van der Waals surface area contributed by atoms with Crippen molar-refractivity contribution >= 4 is 0 Å². The molecule has 0 fully saturated rings. The summed E-state index contributed by atoms with van der Waals surface area (Å²) in [4.78, 5) is 10.9. The summed E-state index contributed by atoms with van der Waals surface area (Å²) in [5.74, 6) is 0.493. The Hall–Kier alpha value is -1.78. The Morgan fingerprint density at radius 2 is 2.23 bits per heavy atom. The van der Waals surface area contributed by atoms with Gasteiger partial charge in [0.2, 0.25) is 0 Å². The van der Waals surface area contributed by atoms with Crippen LogP contribution < -0.4 is 0 Å². The highest BCUT2D eigenvalue weighted by atomic mass is 16.5. The summed E-state index contributed by atoms with van der Waals surface area (Å²) in [5, 5.41) is 9.60. The molecule has 0 bridgehead atoms. The number of hydrogen-bond acceptors (Lipinski definition) is 3.